The van der Waals surface area contributed by atoms with Crippen LogP contribution >= 0.6 is 0 Å². The molecule has 0 radical (unpaired) electrons. The number of carbonyl (C=O) groups is 3. The van der Waals surface area contributed by atoms with Gasteiger partial charge in [0.25, 0.3) is 5.91 Å². The van der Waals surface area contributed by atoms with Crippen molar-refractivity contribution in [2.45, 2.75) is 6.92 Å². The van der Waals surface area contributed by atoms with Crippen molar-refractivity contribution in [3.8, 4) is 0 Å². The highest BCUT2D eigenvalue weighted by atomic mass is 16.2. The van der Waals surface area contributed by atoms with E-state index in [1.54, 1.807) is 28.9 Å². The largest absolute Gasteiger partial charge is 0.369 e. The van der Waals surface area contributed by atoms with Crippen LogP contribution in [0, 0.1) is 5.92 Å². The minimum atomic E-state index is -0.566. The van der Waals surface area contributed by atoms with Gasteiger partial charge >= 0.3 is 0 Å². The summed E-state index contributed by atoms with van der Waals surface area (Å²) in [5.74, 6) is -1.47. The Morgan fingerprint density at radius 1 is 1.24 bits per heavy atom. The summed E-state index contributed by atoms with van der Waals surface area (Å²) in [6, 6.07) is 1.62. The molecule has 1 fully saturated rings. The Hall–Kier alpha value is -2.38. The first-order valence-corrected chi connectivity index (χ1v) is 6.72. The van der Waals surface area contributed by atoms with Crippen LogP contribution in [-0.2, 0) is 16.6 Å². The lowest BCUT2D eigenvalue weighted by Crippen LogP contribution is -2.41. The van der Waals surface area contributed by atoms with Gasteiger partial charge in [-0.1, -0.05) is 0 Å². The van der Waals surface area contributed by atoms with Crippen LogP contribution in [0.15, 0.2) is 12.3 Å². The van der Waals surface area contributed by atoms with E-state index in [1.807, 2.05) is 0 Å². The minimum absolute atomic E-state index is 0.131. The molecule has 21 heavy (non-hydrogen) atoms. The molecule has 0 aromatic carbocycles. The molecule has 1 aromatic rings. The van der Waals surface area contributed by atoms with E-state index in [0.717, 1.165) is 0 Å². The molecule has 8 nitrogen and oxygen atoms in total. The van der Waals surface area contributed by atoms with E-state index in [9.17, 15) is 14.4 Å². The molecule has 2 N–H and O–H groups in total. The molecule has 0 spiro atoms. The lowest BCUT2D eigenvalue weighted by molar-refractivity contribution is -0.130. The van der Waals surface area contributed by atoms with Crippen LogP contribution in [0.2, 0.25) is 0 Å². The van der Waals surface area contributed by atoms with Gasteiger partial charge in [0.05, 0.1) is 5.92 Å². The molecule has 2 heterocycles. The second-order valence-corrected chi connectivity index (χ2v) is 5.19. The zero-order valence-corrected chi connectivity index (χ0v) is 12.2. The highest BCUT2D eigenvalue weighted by Crippen LogP contribution is 2.12. The monoisotopic (exact) mass is 293 g/mol. The third kappa shape index (κ3) is 3.39. The number of primary amides is 1. The van der Waals surface area contributed by atoms with E-state index in [0.29, 0.717) is 18.8 Å². The van der Waals surface area contributed by atoms with Gasteiger partial charge in [0, 0.05) is 46.3 Å². The van der Waals surface area contributed by atoms with Crippen molar-refractivity contribution in [2.24, 2.45) is 18.7 Å². The standard InChI is InChI=1S/C13H19N5O3/c1-9(19)17-5-6-18(8-10(7-17)12(14)20)13(21)11-3-4-16(2)15-11/h3-4,10H,5-8H2,1-2H3,(H2,14,20)/t10-/m0/s1. The number of nitrogens with zero attached hydrogens (tertiary/aromatic N) is 4. The summed E-state index contributed by atoms with van der Waals surface area (Å²) < 4.78 is 1.54. The van der Waals surface area contributed by atoms with Crippen LogP contribution in [0.1, 0.15) is 17.4 Å². The maximum Gasteiger partial charge on any atom is 0.274 e. The molecule has 1 aliphatic rings. The van der Waals surface area contributed by atoms with Crippen LogP contribution in [0.4, 0.5) is 0 Å². The Bertz CT molecular complexity index is 568. The van der Waals surface area contributed by atoms with Crippen LogP contribution < -0.4 is 5.73 Å². The molecule has 1 atom stereocenters. The normalized spacial score (nSPS) is 19.2. The molecule has 0 saturated carbocycles. The summed E-state index contributed by atoms with van der Waals surface area (Å²) in [5, 5.41) is 4.07. The van der Waals surface area contributed by atoms with E-state index in [4.69, 9.17) is 5.73 Å². The zero-order chi connectivity index (χ0) is 15.6. The number of aromatic nitrogens is 2. The highest BCUT2D eigenvalue weighted by molar-refractivity contribution is 5.92. The molecule has 0 aliphatic carbocycles. The smallest absolute Gasteiger partial charge is 0.274 e. The lowest BCUT2D eigenvalue weighted by Gasteiger charge is -2.21. The third-order valence-electron chi connectivity index (χ3n) is 3.59. The minimum Gasteiger partial charge on any atom is -0.369 e. The van der Waals surface area contributed by atoms with Crippen molar-refractivity contribution in [1.82, 2.24) is 19.6 Å². The molecule has 0 bridgehead atoms. The molecular weight excluding hydrogens is 274 g/mol. The predicted octanol–water partition coefficient (Wildman–Crippen LogP) is -1.17. The first-order valence-electron chi connectivity index (χ1n) is 6.72. The van der Waals surface area contributed by atoms with E-state index < -0.39 is 11.8 Å². The summed E-state index contributed by atoms with van der Waals surface area (Å²) in [4.78, 5) is 38.5. The van der Waals surface area contributed by atoms with E-state index in [2.05, 4.69) is 5.10 Å². The summed E-state index contributed by atoms with van der Waals surface area (Å²) in [6.07, 6.45) is 1.68. The van der Waals surface area contributed by atoms with Gasteiger partial charge in [-0.15, -0.1) is 0 Å². The van der Waals surface area contributed by atoms with Crippen molar-refractivity contribution >= 4 is 17.7 Å². The summed E-state index contributed by atoms with van der Waals surface area (Å²) in [7, 11) is 1.73. The topological polar surface area (TPSA) is 102 Å². The lowest BCUT2D eigenvalue weighted by atomic mass is 10.1. The number of hydrogen-bond acceptors (Lipinski definition) is 4. The maximum atomic E-state index is 12.4. The van der Waals surface area contributed by atoms with E-state index in [-0.39, 0.29) is 24.9 Å². The van der Waals surface area contributed by atoms with Crippen LogP contribution in [0.5, 0.6) is 0 Å². The number of nitrogens with two attached hydrogens (primary N) is 1. The molecule has 3 amide bonds. The maximum absolute atomic E-state index is 12.4. The van der Waals surface area contributed by atoms with Gasteiger partial charge in [-0.2, -0.15) is 5.10 Å². The summed E-state index contributed by atoms with van der Waals surface area (Å²) >= 11 is 0. The van der Waals surface area contributed by atoms with Gasteiger partial charge in [0.1, 0.15) is 5.69 Å². The Morgan fingerprint density at radius 3 is 2.38 bits per heavy atom. The second-order valence-electron chi connectivity index (χ2n) is 5.19. The fraction of sp³-hybridized carbons (Fsp3) is 0.538. The van der Waals surface area contributed by atoms with Crippen LogP contribution in [0.25, 0.3) is 0 Å². The van der Waals surface area contributed by atoms with Crippen molar-refractivity contribution in [3.05, 3.63) is 18.0 Å². The quantitative estimate of drug-likeness (QED) is 0.742. The molecule has 8 heteroatoms. The average molecular weight is 293 g/mol. The van der Waals surface area contributed by atoms with Crippen molar-refractivity contribution in [2.75, 3.05) is 26.2 Å². The molecule has 1 aliphatic heterocycles. The van der Waals surface area contributed by atoms with E-state index in [1.165, 1.54) is 11.8 Å². The van der Waals surface area contributed by atoms with Gasteiger partial charge in [-0.3, -0.25) is 19.1 Å². The molecule has 1 aromatic heterocycles. The number of rotatable bonds is 2. The SMILES string of the molecule is CC(=O)N1CCN(C(=O)c2ccn(C)n2)C[C@@H](C(N)=O)C1. The Balaban J connectivity index is 2.18. The van der Waals surface area contributed by atoms with Gasteiger partial charge in [-0.25, -0.2) is 0 Å². The van der Waals surface area contributed by atoms with Gasteiger partial charge in [0.15, 0.2) is 0 Å². The fourth-order valence-corrected chi connectivity index (χ4v) is 2.36. The average Bonchev–Trinajstić information content (AvgIpc) is 2.73. The number of hydrogen-bond donors (Lipinski definition) is 1. The first kappa shape index (κ1) is 15.0. The van der Waals surface area contributed by atoms with Crippen molar-refractivity contribution in [3.63, 3.8) is 0 Å². The Morgan fingerprint density at radius 2 is 1.86 bits per heavy atom. The van der Waals surface area contributed by atoms with E-state index >= 15 is 0 Å². The molecule has 2 rings (SSSR count). The van der Waals surface area contributed by atoms with Crippen molar-refractivity contribution in [1.29, 1.82) is 0 Å². The van der Waals surface area contributed by atoms with Crippen molar-refractivity contribution < 1.29 is 14.4 Å². The summed E-state index contributed by atoms with van der Waals surface area (Å²) in [5.41, 5.74) is 5.69. The Kier molecular flexibility index (Phi) is 4.25. The number of amides is 3. The predicted molar refractivity (Wildman–Crippen MR) is 74.0 cm³/mol. The van der Waals surface area contributed by atoms with Gasteiger partial charge in [0.2, 0.25) is 11.8 Å². The van der Waals surface area contributed by atoms with Gasteiger partial charge in [-0.05, 0) is 6.07 Å². The zero-order valence-electron chi connectivity index (χ0n) is 12.2. The Labute approximate surface area is 122 Å². The third-order valence-corrected chi connectivity index (χ3v) is 3.59. The number of carbonyl (C=O) groups excluding carboxylic acids is 3. The molecular formula is C13H19N5O3. The summed E-state index contributed by atoms with van der Waals surface area (Å²) in [6.45, 7) is 2.63. The number of aryl methyl sites for hydroxylation is 1. The molecule has 0 unspecified atom stereocenters. The second kappa shape index (κ2) is 5.94. The highest BCUT2D eigenvalue weighted by Gasteiger charge is 2.30. The van der Waals surface area contributed by atoms with Gasteiger partial charge < -0.3 is 15.5 Å². The fourth-order valence-electron chi connectivity index (χ4n) is 2.36. The van der Waals surface area contributed by atoms with Crippen LogP contribution in [0.3, 0.4) is 0 Å². The first-order chi connectivity index (χ1) is 9.88. The van der Waals surface area contributed by atoms with Crippen LogP contribution in [-0.4, -0.2) is 63.5 Å². The molecule has 1 saturated heterocycles. The molecule has 114 valence electrons.